The number of rotatable bonds is 4. The summed E-state index contributed by atoms with van der Waals surface area (Å²) in [5.74, 6) is 1.94. The predicted molar refractivity (Wildman–Crippen MR) is 116 cm³/mol. The van der Waals surface area contributed by atoms with E-state index in [9.17, 15) is 0 Å². The van der Waals surface area contributed by atoms with Gasteiger partial charge in [0, 0.05) is 29.6 Å². The van der Waals surface area contributed by atoms with E-state index in [4.69, 9.17) is 15.8 Å². The summed E-state index contributed by atoms with van der Waals surface area (Å²) in [6, 6.07) is 2.18. The van der Waals surface area contributed by atoms with Crippen LogP contribution in [-0.2, 0) is 6.54 Å². The molecule has 2 unspecified atom stereocenters. The van der Waals surface area contributed by atoms with E-state index in [1.807, 2.05) is 6.92 Å². The second kappa shape index (κ2) is 6.11. The molecule has 2 bridgehead atoms. The Bertz CT molecular complexity index is 1070. The highest BCUT2D eigenvalue weighted by molar-refractivity contribution is 7.16. The third kappa shape index (κ3) is 2.95. The summed E-state index contributed by atoms with van der Waals surface area (Å²) in [6.45, 7) is 5.24. The number of aromatic nitrogens is 4. The molecule has 4 aliphatic rings. The number of thiophene rings is 1. The van der Waals surface area contributed by atoms with E-state index in [1.165, 1.54) is 67.3 Å². The van der Waals surface area contributed by atoms with Crippen molar-refractivity contribution in [3.8, 4) is 0 Å². The van der Waals surface area contributed by atoms with Crippen LogP contribution in [0.5, 0.6) is 0 Å². The molecule has 0 saturated heterocycles. The Morgan fingerprint density at radius 3 is 2.62 bits per heavy atom. The zero-order valence-electron chi connectivity index (χ0n) is 17.3. The quantitative estimate of drug-likeness (QED) is 0.673. The van der Waals surface area contributed by atoms with Crippen molar-refractivity contribution in [2.45, 2.75) is 82.7 Å². The van der Waals surface area contributed by atoms with Crippen LogP contribution < -0.4 is 5.73 Å². The van der Waals surface area contributed by atoms with Crippen LogP contribution in [0, 0.1) is 19.3 Å². The fourth-order valence-corrected chi connectivity index (χ4v) is 6.78. The third-order valence-corrected chi connectivity index (χ3v) is 8.76. The van der Waals surface area contributed by atoms with Crippen molar-refractivity contribution in [2.75, 3.05) is 0 Å². The molecule has 152 valence electrons. The van der Waals surface area contributed by atoms with Crippen molar-refractivity contribution < 1.29 is 0 Å². The van der Waals surface area contributed by atoms with Gasteiger partial charge in [-0.05, 0) is 87.1 Å². The SMILES string of the molecule is Cc1nc(C2CC2c2cn(CC34CCC(N)(CC3)CC4)nc2C)c2ccsc2n1. The number of hydrogen-bond donors (Lipinski definition) is 1. The molecule has 2 N–H and O–H groups in total. The lowest BCUT2D eigenvalue weighted by molar-refractivity contribution is 0.0270. The van der Waals surface area contributed by atoms with E-state index < -0.39 is 0 Å². The van der Waals surface area contributed by atoms with E-state index in [1.54, 1.807) is 11.3 Å². The second-order valence-electron chi connectivity index (χ2n) is 9.97. The summed E-state index contributed by atoms with van der Waals surface area (Å²) in [4.78, 5) is 10.6. The highest BCUT2D eigenvalue weighted by Gasteiger charge is 2.47. The summed E-state index contributed by atoms with van der Waals surface area (Å²) in [5, 5.41) is 8.32. The Morgan fingerprint density at radius 1 is 1.10 bits per heavy atom. The van der Waals surface area contributed by atoms with Crippen LogP contribution in [-0.4, -0.2) is 25.3 Å². The van der Waals surface area contributed by atoms with Gasteiger partial charge in [0.25, 0.3) is 0 Å². The van der Waals surface area contributed by atoms with Crippen molar-refractivity contribution >= 4 is 21.6 Å². The molecule has 0 spiro atoms. The van der Waals surface area contributed by atoms with E-state index >= 15 is 0 Å². The topological polar surface area (TPSA) is 69.6 Å². The molecule has 7 rings (SSSR count). The first kappa shape index (κ1) is 18.0. The van der Waals surface area contributed by atoms with Crippen LogP contribution in [0.2, 0.25) is 0 Å². The molecular formula is C23H29N5S. The smallest absolute Gasteiger partial charge is 0.127 e. The molecule has 3 aromatic heterocycles. The van der Waals surface area contributed by atoms with Gasteiger partial charge in [0.1, 0.15) is 10.7 Å². The lowest BCUT2D eigenvalue weighted by Crippen LogP contribution is -2.53. The summed E-state index contributed by atoms with van der Waals surface area (Å²) in [6.07, 6.45) is 10.9. The largest absolute Gasteiger partial charge is 0.325 e. The number of fused-ring (bicyclic) bond motifs is 4. The van der Waals surface area contributed by atoms with E-state index in [0.29, 0.717) is 17.3 Å². The minimum absolute atomic E-state index is 0.136. The first-order chi connectivity index (χ1) is 13.9. The standard InChI is InChI=1S/C23H29N5S/c1-14-19(12-28(27-14)13-22-4-7-23(24,8-5-22)9-6-22)17-11-18(17)20-16-3-10-29-21(16)26-15(2)25-20/h3,10,12,17-18H,4-9,11,13,24H2,1-2H3. The number of hydrogen-bond acceptors (Lipinski definition) is 5. The monoisotopic (exact) mass is 407 g/mol. The number of aryl methyl sites for hydroxylation is 2. The molecule has 0 radical (unpaired) electrons. The highest BCUT2D eigenvalue weighted by atomic mass is 32.1. The molecule has 4 aliphatic carbocycles. The van der Waals surface area contributed by atoms with Gasteiger partial charge in [0.15, 0.2) is 0 Å². The zero-order valence-corrected chi connectivity index (χ0v) is 18.1. The molecule has 4 saturated carbocycles. The Balaban J connectivity index is 1.24. The van der Waals surface area contributed by atoms with Crippen LogP contribution in [0.3, 0.4) is 0 Å². The zero-order chi connectivity index (χ0) is 19.8. The fraction of sp³-hybridized carbons (Fsp3) is 0.609. The van der Waals surface area contributed by atoms with Gasteiger partial charge in [0.2, 0.25) is 0 Å². The third-order valence-electron chi connectivity index (χ3n) is 7.95. The number of nitrogens with two attached hydrogens (primary N) is 1. The molecule has 0 amide bonds. The molecule has 4 fully saturated rings. The maximum Gasteiger partial charge on any atom is 0.127 e. The average molecular weight is 408 g/mol. The van der Waals surface area contributed by atoms with Gasteiger partial charge < -0.3 is 5.73 Å². The van der Waals surface area contributed by atoms with Crippen LogP contribution >= 0.6 is 11.3 Å². The maximum absolute atomic E-state index is 6.51. The van der Waals surface area contributed by atoms with Gasteiger partial charge in [-0.25, -0.2) is 9.97 Å². The Hall–Kier alpha value is -1.79. The molecule has 0 aromatic carbocycles. The molecular weight excluding hydrogens is 378 g/mol. The fourth-order valence-electron chi connectivity index (χ4n) is 5.96. The summed E-state index contributed by atoms with van der Waals surface area (Å²) < 4.78 is 2.25. The minimum atomic E-state index is 0.136. The predicted octanol–water partition coefficient (Wildman–Crippen LogP) is 4.83. The average Bonchev–Trinajstić information content (AvgIpc) is 3.19. The molecule has 3 heterocycles. The van der Waals surface area contributed by atoms with Gasteiger partial charge in [-0.1, -0.05) is 0 Å². The lowest BCUT2D eigenvalue weighted by Gasteiger charge is -2.51. The van der Waals surface area contributed by atoms with Gasteiger partial charge in [-0.3, -0.25) is 4.68 Å². The van der Waals surface area contributed by atoms with Crippen LogP contribution in [0.1, 0.15) is 79.6 Å². The Kier molecular flexibility index (Phi) is 3.80. The van der Waals surface area contributed by atoms with Crippen molar-refractivity contribution in [1.29, 1.82) is 0 Å². The molecule has 6 heteroatoms. The van der Waals surface area contributed by atoms with Crippen molar-refractivity contribution in [3.05, 3.63) is 40.4 Å². The molecule has 5 nitrogen and oxygen atoms in total. The summed E-state index contributed by atoms with van der Waals surface area (Å²) >= 11 is 1.71. The van der Waals surface area contributed by atoms with Gasteiger partial charge in [-0.15, -0.1) is 11.3 Å². The van der Waals surface area contributed by atoms with Crippen LogP contribution in [0.25, 0.3) is 10.2 Å². The first-order valence-corrected chi connectivity index (χ1v) is 11.9. The first-order valence-electron chi connectivity index (χ1n) is 11.0. The van der Waals surface area contributed by atoms with E-state index in [-0.39, 0.29) is 5.54 Å². The van der Waals surface area contributed by atoms with Gasteiger partial charge >= 0.3 is 0 Å². The van der Waals surface area contributed by atoms with Crippen molar-refractivity contribution in [1.82, 2.24) is 19.7 Å². The maximum atomic E-state index is 6.51. The van der Waals surface area contributed by atoms with E-state index in [2.05, 4.69) is 34.2 Å². The Morgan fingerprint density at radius 2 is 1.86 bits per heavy atom. The lowest BCUT2D eigenvalue weighted by atomic mass is 9.57. The molecule has 3 aromatic rings. The number of nitrogens with zero attached hydrogens (tertiary/aromatic N) is 4. The highest BCUT2D eigenvalue weighted by Crippen LogP contribution is 2.56. The van der Waals surface area contributed by atoms with Crippen LogP contribution in [0.15, 0.2) is 17.6 Å². The Labute approximate surface area is 175 Å². The second-order valence-corrected chi connectivity index (χ2v) is 10.9. The summed E-state index contributed by atoms with van der Waals surface area (Å²) in [5.41, 5.74) is 10.9. The van der Waals surface area contributed by atoms with Gasteiger partial charge in [-0.2, -0.15) is 5.10 Å². The van der Waals surface area contributed by atoms with E-state index in [0.717, 1.165) is 17.2 Å². The summed E-state index contributed by atoms with van der Waals surface area (Å²) in [7, 11) is 0. The van der Waals surface area contributed by atoms with Gasteiger partial charge in [0.05, 0.1) is 11.4 Å². The van der Waals surface area contributed by atoms with Crippen molar-refractivity contribution in [3.63, 3.8) is 0 Å². The molecule has 0 aliphatic heterocycles. The van der Waals surface area contributed by atoms with Crippen LogP contribution in [0.4, 0.5) is 0 Å². The molecule has 2 atom stereocenters. The normalized spacial score (nSPS) is 33.5. The van der Waals surface area contributed by atoms with Crippen molar-refractivity contribution in [2.24, 2.45) is 11.1 Å². The molecule has 29 heavy (non-hydrogen) atoms. The minimum Gasteiger partial charge on any atom is -0.325 e.